The highest BCUT2D eigenvalue weighted by atomic mass is 19.4. The van der Waals surface area contributed by atoms with Gasteiger partial charge in [-0.3, -0.25) is 0 Å². The molecule has 0 aliphatic carbocycles. The van der Waals surface area contributed by atoms with Crippen molar-refractivity contribution in [2.24, 2.45) is 0 Å². The molecular formula is C9H8F3NO4. The highest BCUT2D eigenvalue weighted by Crippen LogP contribution is 2.13. The highest BCUT2D eigenvalue weighted by Gasteiger charge is 2.44. The average molecular weight is 251 g/mol. The lowest BCUT2D eigenvalue weighted by molar-refractivity contribution is -0.870. The van der Waals surface area contributed by atoms with Crippen molar-refractivity contribution in [2.45, 2.75) is 13.1 Å². The minimum Gasteiger partial charge on any atom is -0.550 e. The maximum Gasteiger partial charge on any atom is 0.498 e. The van der Waals surface area contributed by atoms with Crippen molar-refractivity contribution in [3.05, 3.63) is 30.6 Å². The molecule has 0 radical (unpaired) electrons. The van der Waals surface area contributed by atoms with Crippen LogP contribution in [0.1, 0.15) is 6.92 Å². The van der Waals surface area contributed by atoms with Crippen molar-refractivity contribution >= 4 is 11.9 Å². The quantitative estimate of drug-likeness (QED) is 0.616. The first kappa shape index (κ1) is 14.9. The Labute approximate surface area is 94.0 Å². The van der Waals surface area contributed by atoms with E-state index in [0.717, 1.165) is 6.92 Å². The first-order chi connectivity index (χ1) is 7.73. The van der Waals surface area contributed by atoms with Gasteiger partial charge in [0.05, 0.1) is 0 Å². The van der Waals surface area contributed by atoms with Gasteiger partial charge in [0.25, 0.3) is 0 Å². The summed E-state index contributed by atoms with van der Waals surface area (Å²) in [5, 5.41) is 8.89. The maximum atomic E-state index is 11.6. The molecule has 1 rings (SSSR count). The molecule has 0 unspecified atom stereocenters. The Hall–Kier alpha value is -2.12. The van der Waals surface area contributed by atoms with Crippen molar-refractivity contribution in [3.63, 3.8) is 0 Å². The Morgan fingerprint density at radius 3 is 1.94 bits per heavy atom. The van der Waals surface area contributed by atoms with Gasteiger partial charge in [0.15, 0.2) is 0 Å². The fourth-order valence-electron chi connectivity index (χ4n) is 0.591. The van der Waals surface area contributed by atoms with Gasteiger partial charge in [-0.1, -0.05) is 6.07 Å². The lowest BCUT2D eigenvalue weighted by Gasteiger charge is -1.99. The molecule has 94 valence electrons. The molecule has 0 saturated heterocycles. The van der Waals surface area contributed by atoms with Crippen LogP contribution < -0.4 is 14.7 Å². The maximum absolute atomic E-state index is 11.6. The number of carboxylic acids is 1. The van der Waals surface area contributed by atoms with Crippen LogP contribution in [0.5, 0.6) is 0 Å². The van der Waals surface area contributed by atoms with Gasteiger partial charge < -0.3 is 9.90 Å². The van der Waals surface area contributed by atoms with Crippen LogP contribution in [-0.2, 0) is 9.59 Å². The third-order valence-electron chi connectivity index (χ3n) is 1.11. The number of rotatable bonds is 1. The summed E-state index contributed by atoms with van der Waals surface area (Å²) in [5.41, 5.74) is 0. The summed E-state index contributed by atoms with van der Waals surface area (Å²) < 4.78 is 35.6. The number of nitrogens with zero attached hydrogens (tertiary/aromatic N) is 1. The molecule has 0 atom stereocenters. The van der Waals surface area contributed by atoms with E-state index in [1.807, 2.05) is 0 Å². The minimum atomic E-state index is -4.97. The van der Waals surface area contributed by atoms with Gasteiger partial charge in [-0.05, 0) is 6.92 Å². The van der Waals surface area contributed by atoms with E-state index in [1.54, 1.807) is 6.07 Å². The van der Waals surface area contributed by atoms with Gasteiger partial charge in [-0.15, -0.1) is 0 Å². The number of aromatic nitrogens is 1. The van der Waals surface area contributed by atoms with E-state index >= 15 is 0 Å². The molecule has 0 fully saturated rings. The largest absolute Gasteiger partial charge is 0.550 e. The SMILES string of the molecule is CC(=O)[O-].O=C(O[n+]1ccccc1)C(F)(F)F. The van der Waals surface area contributed by atoms with E-state index in [9.17, 15) is 18.0 Å². The zero-order valence-corrected chi connectivity index (χ0v) is 8.60. The van der Waals surface area contributed by atoms with Crippen LogP contribution in [0.15, 0.2) is 30.6 Å². The molecule has 5 nitrogen and oxygen atoms in total. The van der Waals surface area contributed by atoms with E-state index in [4.69, 9.17) is 9.90 Å². The monoisotopic (exact) mass is 251 g/mol. The van der Waals surface area contributed by atoms with Gasteiger partial charge in [-0.2, -0.15) is 18.0 Å². The standard InChI is InChI=1S/C7H5F3NO2.C2H4O2/c8-7(9,10)6(12)13-11-4-2-1-3-5-11;1-2(3)4/h1-5H;1H3,(H,3,4)/q+1;/p-1. The van der Waals surface area contributed by atoms with E-state index in [0.29, 0.717) is 4.73 Å². The van der Waals surface area contributed by atoms with Gasteiger partial charge in [0.2, 0.25) is 12.4 Å². The topological polar surface area (TPSA) is 70.3 Å². The number of pyridine rings is 1. The summed E-state index contributed by atoms with van der Waals surface area (Å²) in [6.45, 7) is 0.972. The molecular weight excluding hydrogens is 243 g/mol. The molecule has 0 aliphatic heterocycles. The van der Waals surface area contributed by atoms with Crippen LogP contribution in [0.4, 0.5) is 13.2 Å². The summed E-state index contributed by atoms with van der Waals surface area (Å²) in [7, 11) is 0. The first-order valence-electron chi connectivity index (χ1n) is 4.17. The first-order valence-corrected chi connectivity index (χ1v) is 4.17. The molecule has 0 bridgehead atoms. The predicted molar refractivity (Wildman–Crippen MR) is 45.0 cm³/mol. The molecule has 17 heavy (non-hydrogen) atoms. The Bertz CT molecular complexity index is 374. The zero-order chi connectivity index (χ0) is 13.5. The fraction of sp³-hybridized carbons (Fsp3) is 0.222. The van der Waals surface area contributed by atoms with E-state index in [2.05, 4.69) is 4.84 Å². The second kappa shape index (κ2) is 6.46. The van der Waals surface area contributed by atoms with Crippen LogP contribution in [0.3, 0.4) is 0 Å². The highest BCUT2D eigenvalue weighted by molar-refractivity contribution is 5.75. The smallest absolute Gasteiger partial charge is 0.498 e. The lowest BCUT2D eigenvalue weighted by Crippen LogP contribution is -2.49. The second-order valence-electron chi connectivity index (χ2n) is 2.60. The van der Waals surface area contributed by atoms with E-state index < -0.39 is 18.1 Å². The van der Waals surface area contributed by atoms with Gasteiger partial charge in [0.1, 0.15) is 0 Å². The van der Waals surface area contributed by atoms with Gasteiger partial charge in [-0.25, -0.2) is 4.79 Å². The Morgan fingerprint density at radius 1 is 1.18 bits per heavy atom. The summed E-state index contributed by atoms with van der Waals surface area (Å²) in [4.78, 5) is 23.1. The molecule has 0 aromatic carbocycles. The molecule has 1 aromatic rings. The van der Waals surface area contributed by atoms with Crippen molar-refractivity contribution in [3.8, 4) is 0 Å². The summed E-state index contributed by atoms with van der Waals surface area (Å²) in [5.74, 6) is -3.33. The van der Waals surface area contributed by atoms with E-state index in [-0.39, 0.29) is 0 Å². The number of hydrogen-bond acceptors (Lipinski definition) is 4. The summed E-state index contributed by atoms with van der Waals surface area (Å²) in [6, 6.07) is 4.45. The summed E-state index contributed by atoms with van der Waals surface area (Å²) >= 11 is 0. The molecule has 1 aromatic heterocycles. The molecule has 0 amide bonds. The average Bonchev–Trinajstić information content (AvgIpc) is 2.16. The number of aliphatic carboxylic acids is 1. The van der Waals surface area contributed by atoms with Crippen LogP contribution in [-0.4, -0.2) is 18.1 Å². The third kappa shape index (κ3) is 7.77. The third-order valence-corrected chi connectivity index (χ3v) is 1.11. The Morgan fingerprint density at radius 2 is 1.59 bits per heavy atom. The number of carboxylic acid groups (broad SMARTS) is 1. The minimum absolute atomic E-state index is 0.676. The van der Waals surface area contributed by atoms with Crippen LogP contribution in [0.2, 0.25) is 0 Å². The lowest BCUT2D eigenvalue weighted by atomic mass is 10.5. The predicted octanol–water partition coefficient (Wildman–Crippen LogP) is -0.752. The zero-order valence-electron chi connectivity index (χ0n) is 8.60. The van der Waals surface area contributed by atoms with Crippen LogP contribution in [0, 0.1) is 0 Å². The fourth-order valence-corrected chi connectivity index (χ4v) is 0.591. The normalized spacial score (nSPS) is 9.88. The number of carbonyl (C=O) groups excluding carboxylic acids is 2. The molecule has 8 heteroatoms. The molecule has 0 N–H and O–H groups in total. The van der Waals surface area contributed by atoms with E-state index in [1.165, 1.54) is 24.5 Å². The van der Waals surface area contributed by atoms with Crippen molar-refractivity contribution < 1.29 is 37.4 Å². The molecule has 0 spiro atoms. The Balaban J connectivity index is 0.000000557. The number of alkyl halides is 3. The second-order valence-corrected chi connectivity index (χ2v) is 2.60. The molecule has 1 heterocycles. The summed E-state index contributed by atoms with van der Waals surface area (Å²) in [6.07, 6.45) is -2.60. The van der Waals surface area contributed by atoms with Gasteiger partial charge in [0, 0.05) is 22.8 Å². The number of carbonyl (C=O) groups is 2. The molecule has 0 saturated carbocycles. The van der Waals surface area contributed by atoms with Crippen molar-refractivity contribution in [2.75, 3.05) is 0 Å². The van der Waals surface area contributed by atoms with Crippen LogP contribution >= 0.6 is 0 Å². The van der Waals surface area contributed by atoms with Crippen molar-refractivity contribution in [1.29, 1.82) is 0 Å². The van der Waals surface area contributed by atoms with Crippen molar-refractivity contribution in [1.82, 2.24) is 0 Å². The number of halogens is 3. The Kier molecular flexibility index (Phi) is 5.65. The number of hydrogen-bond donors (Lipinski definition) is 0. The van der Waals surface area contributed by atoms with Crippen LogP contribution in [0.25, 0.3) is 0 Å². The van der Waals surface area contributed by atoms with Gasteiger partial charge >= 0.3 is 12.1 Å². The molecule has 0 aliphatic rings.